The van der Waals surface area contributed by atoms with Crippen molar-refractivity contribution in [3.05, 3.63) is 54.3 Å². The summed E-state index contributed by atoms with van der Waals surface area (Å²) in [5.74, 6) is -0.351. The van der Waals surface area contributed by atoms with Gasteiger partial charge in [0.1, 0.15) is 5.82 Å². The van der Waals surface area contributed by atoms with Crippen LogP contribution in [0.1, 0.15) is 19.3 Å². The van der Waals surface area contributed by atoms with Gasteiger partial charge in [0.25, 0.3) is 0 Å². The molecule has 0 bridgehead atoms. The number of nitrogens with zero attached hydrogens (tertiary/aromatic N) is 3. The number of amides is 2. The van der Waals surface area contributed by atoms with Crippen molar-refractivity contribution < 1.29 is 9.18 Å². The Morgan fingerprint density at radius 3 is 2.00 bits per heavy atom. The minimum Gasteiger partial charge on any atom is -0.372 e. The second-order valence-electron chi connectivity index (χ2n) is 7.48. The molecule has 2 saturated heterocycles. The van der Waals surface area contributed by atoms with Crippen LogP contribution in [-0.2, 0) is 0 Å². The molecule has 0 aliphatic carbocycles. The molecule has 0 spiro atoms. The molecule has 0 aromatic heterocycles. The molecule has 0 saturated carbocycles. The summed E-state index contributed by atoms with van der Waals surface area (Å²) >= 11 is 0. The number of urea groups is 1. The van der Waals surface area contributed by atoms with Gasteiger partial charge in [0.05, 0.1) is 0 Å². The minimum atomic E-state index is -0.351. The molecule has 1 N–H and O–H groups in total. The molecule has 2 aromatic carbocycles. The first-order valence-corrected chi connectivity index (χ1v) is 10.1. The van der Waals surface area contributed by atoms with Crippen molar-refractivity contribution in [2.45, 2.75) is 19.3 Å². The first kappa shape index (κ1) is 18.6. The van der Waals surface area contributed by atoms with E-state index in [0.717, 1.165) is 26.2 Å². The summed E-state index contributed by atoms with van der Waals surface area (Å²) in [4.78, 5) is 19.0. The molecule has 0 atom stereocenters. The van der Waals surface area contributed by atoms with Gasteiger partial charge in [-0.3, -0.25) is 0 Å². The molecular formula is C22H27FN4O. The number of piperazine rings is 1. The molecule has 0 radical (unpaired) electrons. The van der Waals surface area contributed by atoms with Gasteiger partial charge in [-0.25, -0.2) is 9.18 Å². The third kappa shape index (κ3) is 4.38. The van der Waals surface area contributed by atoms with Gasteiger partial charge < -0.3 is 20.0 Å². The van der Waals surface area contributed by atoms with E-state index < -0.39 is 0 Å². The minimum absolute atomic E-state index is 0.175. The molecule has 2 fully saturated rings. The van der Waals surface area contributed by atoms with Gasteiger partial charge in [0, 0.05) is 56.3 Å². The van der Waals surface area contributed by atoms with E-state index in [1.807, 2.05) is 0 Å². The zero-order valence-electron chi connectivity index (χ0n) is 16.1. The SMILES string of the molecule is O=C(Nc1cccc(F)c1)N1CCN(c2ccc(N3CCCCC3)cc2)CC1. The monoisotopic (exact) mass is 382 g/mol. The van der Waals surface area contributed by atoms with Crippen LogP contribution in [0.4, 0.5) is 26.2 Å². The lowest BCUT2D eigenvalue weighted by Crippen LogP contribution is -2.50. The molecule has 6 heteroatoms. The van der Waals surface area contributed by atoms with Gasteiger partial charge in [-0.1, -0.05) is 6.07 Å². The maximum absolute atomic E-state index is 13.3. The van der Waals surface area contributed by atoms with E-state index in [0.29, 0.717) is 18.8 Å². The summed E-state index contributed by atoms with van der Waals surface area (Å²) in [5, 5.41) is 2.77. The maximum atomic E-state index is 13.3. The van der Waals surface area contributed by atoms with E-state index in [2.05, 4.69) is 39.4 Å². The Morgan fingerprint density at radius 2 is 1.39 bits per heavy atom. The van der Waals surface area contributed by atoms with E-state index in [-0.39, 0.29) is 11.8 Å². The van der Waals surface area contributed by atoms with Crippen LogP contribution in [0.2, 0.25) is 0 Å². The topological polar surface area (TPSA) is 38.8 Å². The van der Waals surface area contributed by atoms with Gasteiger partial charge in [0.2, 0.25) is 0 Å². The average molecular weight is 382 g/mol. The lowest BCUT2D eigenvalue weighted by atomic mass is 10.1. The van der Waals surface area contributed by atoms with Gasteiger partial charge in [0.15, 0.2) is 0 Å². The van der Waals surface area contributed by atoms with Gasteiger partial charge in [-0.05, 0) is 61.7 Å². The van der Waals surface area contributed by atoms with E-state index in [4.69, 9.17) is 0 Å². The molecule has 4 rings (SSSR count). The van der Waals surface area contributed by atoms with Gasteiger partial charge >= 0.3 is 6.03 Å². The quantitative estimate of drug-likeness (QED) is 0.866. The number of carbonyl (C=O) groups is 1. The van der Waals surface area contributed by atoms with Crippen LogP contribution < -0.4 is 15.1 Å². The third-order valence-electron chi connectivity index (χ3n) is 5.58. The molecule has 0 unspecified atom stereocenters. The van der Waals surface area contributed by atoms with Crippen LogP contribution >= 0.6 is 0 Å². The molecule has 28 heavy (non-hydrogen) atoms. The summed E-state index contributed by atoms with van der Waals surface area (Å²) in [5.41, 5.74) is 2.99. The van der Waals surface area contributed by atoms with Crippen LogP contribution in [-0.4, -0.2) is 50.2 Å². The van der Waals surface area contributed by atoms with Crippen molar-refractivity contribution in [3.63, 3.8) is 0 Å². The van der Waals surface area contributed by atoms with Crippen LogP contribution in [0.5, 0.6) is 0 Å². The number of benzene rings is 2. The number of halogens is 1. The smallest absolute Gasteiger partial charge is 0.321 e. The standard InChI is InChI=1S/C22H27FN4O/c23-18-5-4-6-19(17-18)24-22(28)27-15-13-26(14-16-27)21-9-7-20(8-10-21)25-11-2-1-3-12-25/h4-10,17H,1-3,11-16H2,(H,24,28). The van der Waals surface area contributed by atoms with Crippen molar-refractivity contribution in [1.82, 2.24) is 4.90 Å². The summed E-state index contributed by atoms with van der Waals surface area (Å²) in [6, 6.07) is 14.6. The normalized spacial score (nSPS) is 17.5. The van der Waals surface area contributed by atoms with Crippen molar-refractivity contribution >= 4 is 23.1 Å². The summed E-state index contributed by atoms with van der Waals surface area (Å²) in [7, 11) is 0. The first-order valence-electron chi connectivity index (χ1n) is 10.1. The molecular weight excluding hydrogens is 355 g/mol. The van der Waals surface area contributed by atoms with E-state index in [1.54, 1.807) is 17.0 Å². The van der Waals surface area contributed by atoms with Crippen molar-refractivity contribution in [2.24, 2.45) is 0 Å². The Bertz CT molecular complexity index is 796. The second kappa shape index (κ2) is 8.50. The van der Waals surface area contributed by atoms with Crippen LogP contribution in [0, 0.1) is 5.82 Å². The summed E-state index contributed by atoms with van der Waals surface area (Å²) in [6.45, 7) is 5.18. The number of carbonyl (C=O) groups excluding carboxylic acids is 1. The Morgan fingerprint density at radius 1 is 0.786 bits per heavy atom. The Hall–Kier alpha value is -2.76. The highest BCUT2D eigenvalue weighted by molar-refractivity contribution is 5.89. The summed E-state index contributed by atoms with van der Waals surface area (Å²) < 4.78 is 13.3. The predicted octanol–water partition coefficient (Wildman–Crippen LogP) is 4.17. The Kier molecular flexibility index (Phi) is 5.65. The zero-order valence-corrected chi connectivity index (χ0v) is 16.1. The fourth-order valence-electron chi connectivity index (χ4n) is 3.96. The number of rotatable bonds is 3. The van der Waals surface area contributed by atoms with E-state index in [1.165, 1.54) is 42.8 Å². The number of piperidine rings is 1. The van der Waals surface area contributed by atoms with Gasteiger partial charge in [-0.15, -0.1) is 0 Å². The predicted molar refractivity (Wildman–Crippen MR) is 112 cm³/mol. The second-order valence-corrected chi connectivity index (χ2v) is 7.48. The number of nitrogens with one attached hydrogen (secondary N) is 1. The number of hydrogen-bond donors (Lipinski definition) is 1. The van der Waals surface area contributed by atoms with Crippen molar-refractivity contribution in [3.8, 4) is 0 Å². The molecule has 148 valence electrons. The van der Waals surface area contributed by atoms with E-state index >= 15 is 0 Å². The Labute approximate surface area is 165 Å². The largest absolute Gasteiger partial charge is 0.372 e. The first-order chi connectivity index (χ1) is 13.7. The van der Waals surface area contributed by atoms with Gasteiger partial charge in [-0.2, -0.15) is 0 Å². The van der Waals surface area contributed by atoms with Crippen molar-refractivity contribution in [1.29, 1.82) is 0 Å². The highest BCUT2D eigenvalue weighted by Gasteiger charge is 2.21. The molecule has 2 aliphatic rings. The maximum Gasteiger partial charge on any atom is 0.321 e. The highest BCUT2D eigenvalue weighted by Crippen LogP contribution is 2.24. The molecule has 2 aromatic rings. The molecule has 2 aliphatic heterocycles. The lowest BCUT2D eigenvalue weighted by molar-refractivity contribution is 0.208. The van der Waals surface area contributed by atoms with E-state index in [9.17, 15) is 9.18 Å². The van der Waals surface area contributed by atoms with Crippen LogP contribution in [0.3, 0.4) is 0 Å². The lowest BCUT2D eigenvalue weighted by Gasteiger charge is -2.36. The Balaban J connectivity index is 1.30. The average Bonchev–Trinajstić information content (AvgIpc) is 2.75. The van der Waals surface area contributed by atoms with Crippen molar-refractivity contribution in [2.75, 3.05) is 54.4 Å². The van der Waals surface area contributed by atoms with Crippen LogP contribution in [0.25, 0.3) is 0 Å². The fraction of sp³-hybridized carbons (Fsp3) is 0.409. The summed E-state index contributed by atoms with van der Waals surface area (Å²) in [6.07, 6.45) is 3.90. The molecule has 2 heterocycles. The number of hydrogen-bond acceptors (Lipinski definition) is 3. The fourth-order valence-corrected chi connectivity index (χ4v) is 3.96. The molecule has 5 nitrogen and oxygen atoms in total. The molecule has 2 amide bonds. The number of anilines is 3. The zero-order chi connectivity index (χ0) is 19.3. The third-order valence-corrected chi connectivity index (χ3v) is 5.58. The highest BCUT2D eigenvalue weighted by atomic mass is 19.1. The van der Waals surface area contributed by atoms with Crippen LogP contribution in [0.15, 0.2) is 48.5 Å².